The molecule has 5 nitrogen and oxygen atoms in total. The molecule has 4 N–H and O–H groups in total. The number of nitrogens with two attached hydrogens (primary N) is 2. The zero-order valence-electron chi connectivity index (χ0n) is 16.6. The Morgan fingerprint density at radius 2 is 1.73 bits per heavy atom. The molecule has 30 heavy (non-hydrogen) atoms. The Labute approximate surface area is 174 Å². The van der Waals surface area contributed by atoms with E-state index in [1.165, 1.54) is 17.3 Å². The molecule has 0 aliphatic carbocycles. The number of hydrazine groups is 1. The predicted molar refractivity (Wildman–Crippen MR) is 120 cm³/mol. The van der Waals surface area contributed by atoms with Crippen LogP contribution >= 0.6 is 0 Å². The lowest BCUT2D eigenvalue weighted by atomic mass is 10.1. The smallest absolute Gasteiger partial charge is 0.123 e. The number of hydrogen-bond donors (Lipinski definition) is 2. The summed E-state index contributed by atoms with van der Waals surface area (Å²) in [5, 5.41) is 12.1. The third-order valence-electron chi connectivity index (χ3n) is 5.36. The summed E-state index contributed by atoms with van der Waals surface area (Å²) in [4.78, 5) is 0. The van der Waals surface area contributed by atoms with E-state index in [1.807, 2.05) is 48.5 Å². The van der Waals surface area contributed by atoms with Gasteiger partial charge in [-0.3, -0.25) is 5.01 Å². The summed E-state index contributed by atoms with van der Waals surface area (Å²) >= 11 is 0. The highest BCUT2D eigenvalue weighted by molar-refractivity contribution is 6.09. The van der Waals surface area contributed by atoms with Crippen LogP contribution in [-0.4, -0.2) is 4.57 Å². The molecule has 0 radical (unpaired) electrons. The van der Waals surface area contributed by atoms with Crippen molar-refractivity contribution in [3.63, 3.8) is 0 Å². The second-order valence-corrected chi connectivity index (χ2v) is 7.06. The molecule has 1 heterocycles. The molecule has 0 saturated carbocycles. The van der Waals surface area contributed by atoms with E-state index in [0.29, 0.717) is 12.1 Å². The van der Waals surface area contributed by atoms with Gasteiger partial charge in [0.05, 0.1) is 23.9 Å². The van der Waals surface area contributed by atoms with Gasteiger partial charge >= 0.3 is 0 Å². The summed E-state index contributed by atoms with van der Waals surface area (Å²) in [5.41, 5.74) is 11.0. The topological polar surface area (TPSA) is 84.0 Å². The van der Waals surface area contributed by atoms with Gasteiger partial charge in [0.2, 0.25) is 0 Å². The van der Waals surface area contributed by atoms with Crippen LogP contribution in [0.1, 0.15) is 18.1 Å². The molecule has 0 atom stereocenters. The van der Waals surface area contributed by atoms with Crippen LogP contribution in [0.3, 0.4) is 0 Å². The second-order valence-electron chi connectivity index (χ2n) is 7.06. The molecule has 150 valence electrons. The quantitative estimate of drug-likeness (QED) is 0.378. The molecule has 0 aliphatic heterocycles. The Morgan fingerprint density at radius 1 is 1.07 bits per heavy atom. The average molecular weight is 399 g/mol. The van der Waals surface area contributed by atoms with E-state index in [-0.39, 0.29) is 5.82 Å². The van der Waals surface area contributed by atoms with Gasteiger partial charge in [-0.1, -0.05) is 24.3 Å². The summed E-state index contributed by atoms with van der Waals surface area (Å²) < 4.78 is 16.1. The summed E-state index contributed by atoms with van der Waals surface area (Å²) in [7, 11) is 0. The highest BCUT2D eigenvalue weighted by Gasteiger charge is 2.15. The van der Waals surface area contributed by atoms with Gasteiger partial charge in [-0.2, -0.15) is 5.26 Å². The number of aryl methyl sites for hydroxylation is 1. The van der Waals surface area contributed by atoms with Gasteiger partial charge < -0.3 is 10.3 Å². The first-order chi connectivity index (χ1) is 14.6. The van der Waals surface area contributed by atoms with E-state index in [1.54, 1.807) is 6.07 Å². The molecule has 4 rings (SSSR count). The Bertz CT molecular complexity index is 1300. The van der Waals surface area contributed by atoms with Crippen molar-refractivity contribution in [3.8, 4) is 6.07 Å². The predicted octanol–water partition coefficient (Wildman–Crippen LogP) is 4.66. The maximum absolute atomic E-state index is 13.9. The maximum atomic E-state index is 13.9. The Balaban J connectivity index is 1.79. The minimum Gasteiger partial charge on any atom is -0.403 e. The first-order valence-electron chi connectivity index (χ1n) is 9.72. The zero-order valence-corrected chi connectivity index (χ0v) is 16.6. The third-order valence-corrected chi connectivity index (χ3v) is 5.36. The van der Waals surface area contributed by atoms with Crippen molar-refractivity contribution >= 4 is 33.2 Å². The van der Waals surface area contributed by atoms with Crippen molar-refractivity contribution in [3.05, 3.63) is 83.8 Å². The number of aromatic nitrogens is 1. The number of halogens is 1. The molecular formula is C24H22FN5. The molecule has 0 saturated heterocycles. The lowest BCUT2D eigenvalue weighted by Crippen LogP contribution is -2.29. The first kappa shape index (κ1) is 19.5. The molecule has 0 amide bonds. The molecule has 3 aromatic carbocycles. The highest BCUT2D eigenvalue weighted by Crippen LogP contribution is 2.33. The third kappa shape index (κ3) is 3.25. The highest BCUT2D eigenvalue weighted by atomic mass is 19.1. The SMILES string of the molecule is CCn1c2ccc(F)cc2c2cc(N(N)/C(=C\N)c3ccc(CC#N)cc3)ccc21. The lowest BCUT2D eigenvalue weighted by Gasteiger charge is -2.22. The summed E-state index contributed by atoms with van der Waals surface area (Å²) in [5.74, 6) is 6.16. The number of nitrogens with zero attached hydrogens (tertiary/aromatic N) is 3. The summed E-state index contributed by atoms with van der Waals surface area (Å²) in [6.07, 6.45) is 1.81. The normalized spacial score (nSPS) is 11.7. The molecule has 0 spiro atoms. The Kier molecular flexibility index (Phi) is 5.13. The van der Waals surface area contributed by atoms with Crippen LogP contribution in [0.2, 0.25) is 0 Å². The van der Waals surface area contributed by atoms with Crippen LogP contribution in [0, 0.1) is 17.1 Å². The molecular weight excluding hydrogens is 377 g/mol. The van der Waals surface area contributed by atoms with Crippen LogP contribution in [-0.2, 0) is 13.0 Å². The molecule has 0 unspecified atom stereocenters. The van der Waals surface area contributed by atoms with Crippen molar-refractivity contribution < 1.29 is 4.39 Å². The van der Waals surface area contributed by atoms with Crippen molar-refractivity contribution in [2.24, 2.45) is 11.6 Å². The van der Waals surface area contributed by atoms with Crippen molar-refractivity contribution in [1.82, 2.24) is 4.57 Å². The number of fused-ring (bicyclic) bond motifs is 3. The number of nitriles is 1. The zero-order chi connectivity index (χ0) is 21.3. The number of hydrogen-bond acceptors (Lipinski definition) is 4. The number of benzene rings is 3. The lowest BCUT2D eigenvalue weighted by molar-refractivity contribution is 0.629. The van der Waals surface area contributed by atoms with Gasteiger partial charge in [0.25, 0.3) is 0 Å². The van der Waals surface area contributed by atoms with E-state index in [4.69, 9.17) is 16.8 Å². The van der Waals surface area contributed by atoms with Crippen LogP contribution in [0.15, 0.2) is 66.9 Å². The van der Waals surface area contributed by atoms with Gasteiger partial charge in [-0.05, 0) is 48.9 Å². The van der Waals surface area contributed by atoms with E-state index in [9.17, 15) is 4.39 Å². The standard InChI is InChI=1S/C24H22FN5/c1-2-29-22-9-7-18(25)13-20(22)21-14-19(8-10-23(21)29)30(28)24(15-27)17-5-3-16(4-6-17)11-12-26/h3-10,13-15H,2,11,27-28H2,1H3/b24-15-. The van der Waals surface area contributed by atoms with Crippen LogP contribution in [0.25, 0.3) is 27.5 Å². The molecule has 6 heteroatoms. The molecule has 0 bridgehead atoms. The monoisotopic (exact) mass is 399 g/mol. The average Bonchev–Trinajstić information content (AvgIpc) is 3.07. The number of anilines is 1. The summed E-state index contributed by atoms with van der Waals surface area (Å²) in [6, 6.07) is 20.4. The van der Waals surface area contributed by atoms with E-state index >= 15 is 0 Å². The van der Waals surface area contributed by atoms with Gasteiger partial charge in [0, 0.05) is 40.1 Å². The second kappa shape index (κ2) is 7.90. The molecule has 1 aromatic heterocycles. The van der Waals surface area contributed by atoms with E-state index in [0.717, 1.165) is 45.2 Å². The Morgan fingerprint density at radius 3 is 2.37 bits per heavy atom. The molecule has 0 fully saturated rings. The summed E-state index contributed by atoms with van der Waals surface area (Å²) in [6.45, 7) is 2.84. The van der Waals surface area contributed by atoms with Gasteiger partial charge in [0.15, 0.2) is 0 Å². The van der Waals surface area contributed by atoms with Gasteiger partial charge in [-0.15, -0.1) is 0 Å². The fraction of sp³-hybridized carbons (Fsp3) is 0.125. The largest absolute Gasteiger partial charge is 0.403 e. The first-order valence-corrected chi connectivity index (χ1v) is 9.72. The van der Waals surface area contributed by atoms with Crippen molar-refractivity contribution in [2.45, 2.75) is 19.9 Å². The Hall–Kier alpha value is -3.82. The van der Waals surface area contributed by atoms with Crippen molar-refractivity contribution in [2.75, 3.05) is 5.01 Å². The van der Waals surface area contributed by atoms with Crippen LogP contribution in [0.4, 0.5) is 10.1 Å². The molecule has 0 aliphatic rings. The van der Waals surface area contributed by atoms with Crippen LogP contribution < -0.4 is 16.6 Å². The molecule has 4 aromatic rings. The maximum Gasteiger partial charge on any atom is 0.123 e. The van der Waals surface area contributed by atoms with Crippen LogP contribution in [0.5, 0.6) is 0 Å². The number of rotatable bonds is 5. The van der Waals surface area contributed by atoms with Gasteiger partial charge in [-0.25, -0.2) is 10.2 Å². The minimum absolute atomic E-state index is 0.271. The fourth-order valence-electron chi connectivity index (χ4n) is 3.89. The van der Waals surface area contributed by atoms with E-state index < -0.39 is 0 Å². The fourth-order valence-corrected chi connectivity index (χ4v) is 3.89. The van der Waals surface area contributed by atoms with E-state index in [2.05, 4.69) is 17.6 Å². The van der Waals surface area contributed by atoms with Crippen molar-refractivity contribution in [1.29, 1.82) is 5.26 Å². The van der Waals surface area contributed by atoms with Gasteiger partial charge in [0.1, 0.15) is 5.82 Å². The minimum atomic E-state index is -0.271.